The molecular formula is C14H20O5S. The predicted octanol–water partition coefficient (Wildman–Crippen LogP) is 1.47. The quantitative estimate of drug-likeness (QED) is 0.609. The summed E-state index contributed by atoms with van der Waals surface area (Å²) in [6.45, 7) is 3.34. The molecule has 0 aliphatic carbocycles. The highest BCUT2D eigenvalue weighted by Crippen LogP contribution is 2.13. The lowest BCUT2D eigenvalue weighted by molar-refractivity contribution is -0.152. The van der Waals surface area contributed by atoms with E-state index in [0.29, 0.717) is 17.7 Å². The highest BCUT2D eigenvalue weighted by Gasteiger charge is 2.14. The number of aliphatic hydroxyl groups excluding tert-OH is 1. The van der Waals surface area contributed by atoms with E-state index in [2.05, 4.69) is 0 Å². The fourth-order valence-corrected chi connectivity index (χ4v) is 2.92. The van der Waals surface area contributed by atoms with Crippen molar-refractivity contribution >= 4 is 15.8 Å². The van der Waals surface area contributed by atoms with Gasteiger partial charge in [0.15, 0.2) is 9.84 Å². The Kier molecular flexibility index (Phi) is 6.16. The molecule has 0 aliphatic heterocycles. The van der Waals surface area contributed by atoms with E-state index < -0.39 is 21.9 Å². The van der Waals surface area contributed by atoms with E-state index in [9.17, 15) is 13.2 Å². The average Bonchev–Trinajstić information content (AvgIpc) is 2.38. The van der Waals surface area contributed by atoms with Gasteiger partial charge in [-0.15, -0.1) is 0 Å². The highest BCUT2D eigenvalue weighted by atomic mass is 32.2. The topological polar surface area (TPSA) is 80.7 Å². The van der Waals surface area contributed by atoms with Crippen LogP contribution >= 0.6 is 0 Å². The number of sulfone groups is 1. The first-order valence-corrected chi connectivity index (χ1v) is 8.12. The third-order valence-electron chi connectivity index (χ3n) is 2.77. The molecule has 1 aromatic carbocycles. The van der Waals surface area contributed by atoms with Gasteiger partial charge in [0.05, 0.1) is 17.3 Å². The minimum atomic E-state index is -3.28. The Balaban J connectivity index is 2.37. The molecule has 112 valence electrons. The van der Waals surface area contributed by atoms with Crippen LogP contribution in [0.25, 0.3) is 0 Å². The molecule has 0 radical (unpaired) electrons. The summed E-state index contributed by atoms with van der Waals surface area (Å²) in [6, 6.07) is 6.71. The number of hydrogen-bond donors (Lipinski definition) is 1. The third kappa shape index (κ3) is 5.30. The number of unbranched alkanes of at least 4 members (excludes halogenated alkanes) is 1. The van der Waals surface area contributed by atoms with Gasteiger partial charge < -0.3 is 9.84 Å². The summed E-state index contributed by atoms with van der Waals surface area (Å²) in [5, 5.41) is 8.91. The van der Waals surface area contributed by atoms with E-state index in [4.69, 9.17) is 9.84 Å². The third-order valence-corrected chi connectivity index (χ3v) is 4.59. The van der Waals surface area contributed by atoms with Crippen LogP contribution in [0.15, 0.2) is 29.2 Å². The van der Waals surface area contributed by atoms with Gasteiger partial charge in [0.2, 0.25) is 0 Å². The van der Waals surface area contributed by atoms with E-state index in [-0.39, 0.29) is 12.4 Å². The first kappa shape index (κ1) is 16.7. The summed E-state index contributed by atoms with van der Waals surface area (Å²) in [5.74, 6) is -0.672. The number of aryl methyl sites for hydroxylation is 1. The van der Waals surface area contributed by atoms with Crippen molar-refractivity contribution in [2.75, 3.05) is 12.4 Å². The Morgan fingerprint density at radius 1 is 1.25 bits per heavy atom. The van der Waals surface area contributed by atoms with Crippen LogP contribution in [0.3, 0.4) is 0 Å². The molecule has 0 amide bonds. The second kappa shape index (κ2) is 7.40. The summed E-state index contributed by atoms with van der Waals surface area (Å²) in [6.07, 6.45) is -0.293. The Morgan fingerprint density at radius 2 is 1.85 bits per heavy atom. The molecule has 6 heteroatoms. The lowest BCUT2D eigenvalue weighted by Crippen LogP contribution is -2.20. The van der Waals surface area contributed by atoms with Crippen molar-refractivity contribution in [3.8, 4) is 0 Å². The van der Waals surface area contributed by atoms with Crippen LogP contribution in [0.1, 0.15) is 25.3 Å². The van der Waals surface area contributed by atoms with Crippen molar-refractivity contribution < 1.29 is 23.1 Å². The van der Waals surface area contributed by atoms with Gasteiger partial charge in [0, 0.05) is 0 Å². The van der Waals surface area contributed by atoms with Gasteiger partial charge in [0.25, 0.3) is 0 Å². The van der Waals surface area contributed by atoms with E-state index >= 15 is 0 Å². The van der Waals surface area contributed by atoms with Crippen LogP contribution in [0, 0.1) is 6.92 Å². The van der Waals surface area contributed by atoms with Gasteiger partial charge in [0.1, 0.15) is 6.10 Å². The molecule has 20 heavy (non-hydrogen) atoms. The maximum atomic E-state index is 12.0. The molecule has 0 saturated heterocycles. The van der Waals surface area contributed by atoms with E-state index in [1.54, 1.807) is 24.3 Å². The molecule has 1 unspecified atom stereocenters. The number of carbonyl (C=O) groups is 1. The summed E-state index contributed by atoms with van der Waals surface area (Å²) >= 11 is 0. The lowest BCUT2D eigenvalue weighted by atomic mass is 10.2. The summed E-state index contributed by atoms with van der Waals surface area (Å²) in [7, 11) is -3.28. The molecule has 0 spiro atoms. The van der Waals surface area contributed by atoms with Crippen molar-refractivity contribution in [3.05, 3.63) is 29.8 Å². The number of carbonyl (C=O) groups excluding carboxylic acids is 1. The minimum Gasteiger partial charge on any atom is -0.464 e. The maximum absolute atomic E-state index is 12.0. The van der Waals surface area contributed by atoms with Crippen LogP contribution in [0.2, 0.25) is 0 Å². The molecule has 5 nitrogen and oxygen atoms in total. The SMILES string of the molecule is Cc1ccc(S(=O)(=O)CCCCOC(=O)C(C)O)cc1. The molecular weight excluding hydrogens is 280 g/mol. The van der Waals surface area contributed by atoms with Gasteiger partial charge in [-0.2, -0.15) is 0 Å². The van der Waals surface area contributed by atoms with Gasteiger partial charge in [-0.3, -0.25) is 0 Å². The molecule has 0 aliphatic rings. The van der Waals surface area contributed by atoms with Crippen molar-refractivity contribution in [3.63, 3.8) is 0 Å². The average molecular weight is 300 g/mol. The van der Waals surface area contributed by atoms with E-state index in [1.807, 2.05) is 6.92 Å². The molecule has 0 fully saturated rings. The second-order valence-electron chi connectivity index (χ2n) is 4.68. The van der Waals surface area contributed by atoms with Crippen LogP contribution in [-0.4, -0.2) is 38.0 Å². The van der Waals surface area contributed by atoms with Crippen LogP contribution in [-0.2, 0) is 19.4 Å². The molecule has 1 N–H and O–H groups in total. The zero-order valence-corrected chi connectivity index (χ0v) is 12.5. The molecule has 0 aromatic heterocycles. The smallest absolute Gasteiger partial charge is 0.334 e. The molecule has 0 heterocycles. The van der Waals surface area contributed by atoms with Crippen molar-refractivity contribution in [2.24, 2.45) is 0 Å². The normalized spacial score (nSPS) is 12.9. The zero-order valence-electron chi connectivity index (χ0n) is 11.7. The zero-order chi connectivity index (χ0) is 15.2. The number of aliphatic hydroxyl groups is 1. The Hall–Kier alpha value is -1.40. The van der Waals surface area contributed by atoms with Crippen molar-refractivity contribution in [1.82, 2.24) is 0 Å². The van der Waals surface area contributed by atoms with Crippen LogP contribution in [0.4, 0.5) is 0 Å². The number of hydrogen-bond acceptors (Lipinski definition) is 5. The fourth-order valence-electron chi connectivity index (χ4n) is 1.55. The second-order valence-corrected chi connectivity index (χ2v) is 6.79. The van der Waals surface area contributed by atoms with Crippen molar-refractivity contribution in [2.45, 2.75) is 37.7 Å². The van der Waals surface area contributed by atoms with Crippen molar-refractivity contribution in [1.29, 1.82) is 0 Å². The Labute approximate surface area is 119 Å². The minimum absolute atomic E-state index is 0.0162. The summed E-state index contributed by atoms with van der Waals surface area (Å²) in [5.41, 5.74) is 1.01. The van der Waals surface area contributed by atoms with Crippen LogP contribution < -0.4 is 0 Å². The standard InChI is InChI=1S/C14H20O5S/c1-11-5-7-13(8-6-11)20(17,18)10-4-3-9-19-14(16)12(2)15/h5-8,12,15H,3-4,9-10H2,1-2H3. The van der Waals surface area contributed by atoms with E-state index in [1.165, 1.54) is 6.92 Å². The summed E-state index contributed by atoms with van der Waals surface area (Å²) < 4.78 is 28.8. The van der Waals surface area contributed by atoms with E-state index in [0.717, 1.165) is 5.56 Å². The first-order valence-electron chi connectivity index (χ1n) is 6.47. The monoisotopic (exact) mass is 300 g/mol. The van der Waals surface area contributed by atoms with Crippen LogP contribution in [0.5, 0.6) is 0 Å². The molecule has 1 rings (SSSR count). The molecule has 1 atom stereocenters. The fraction of sp³-hybridized carbons (Fsp3) is 0.500. The lowest BCUT2D eigenvalue weighted by Gasteiger charge is -2.07. The van der Waals surface area contributed by atoms with Gasteiger partial charge in [-0.1, -0.05) is 17.7 Å². The van der Waals surface area contributed by atoms with Gasteiger partial charge in [-0.05, 0) is 38.8 Å². The largest absolute Gasteiger partial charge is 0.464 e. The first-order chi connectivity index (χ1) is 9.33. The predicted molar refractivity (Wildman–Crippen MR) is 75.1 cm³/mol. The Morgan fingerprint density at radius 3 is 2.40 bits per heavy atom. The summed E-state index contributed by atoms with van der Waals surface area (Å²) in [4.78, 5) is 11.3. The highest BCUT2D eigenvalue weighted by molar-refractivity contribution is 7.91. The van der Waals surface area contributed by atoms with Gasteiger partial charge >= 0.3 is 5.97 Å². The number of ether oxygens (including phenoxy) is 1. The molecule has 1 aromatic rings. The maximum Gasteiger partial charge on any atom is 0.334 e. The molecule has 0 bridgehead atoms. The molecule has 0 saturated carbocycles. The number of benzene rings is 1. The van der Waals surface area contributed by atoms with Gasteiger partial charge in [-0.25, -0.2) is 13.2 Å². The number of esters is 1. The Bertz CT molecular complexity index is 531. The number of rotatable bonds is 7.